The van der Waals surface area contributed by atoms with E-state index in [1.54, 1.807) is 98.8 Å². The van der Waals surface area contributed by atoms with Crippen LogP contribution in [0.5, 0.6) is 0 Å². The third kappa shape index (κ3) is 3.75. The van der Waals surface area contributed by atoms with E-state index >= 15 is 0 Å². The maximum Gasteiger partial charge on any atom is 0.339 e. The van der Waals surface area contributed by atoms with Gasteiger partial charge in [-0.2, -0.15) is 0 Å². The lowest BCUT2D eigenvalue weighted by molar-refractivity contribution is -0.140. The van der Waals surface area contributed by atoms with Crippen molar-refractivity contribution >= 4 is 40.7 Å². The number of carbonyl (C=O) groups excluding carboxylic acids is 4. The highest BCUT2D eigenvalue weighted by atomic mass is 16.5. The molecule has 2 aliphatic heterocycles. The molecule has 3 aromatic carbocycles. The molecule has 1 spiro atoms. The fraction of sp³-hybridized carbons (Fsp3) is 0.161. The number of hydrogen-bond donors (Lipinski definition) is 1. The number of esters is 1. The summed E-state index contributed by atoms with van der Waals surface area (Å²) in [6, 6.07) is 23.4. The van der Waals surface area contributed by atoms with E-state index in [4.69, 9.17) is 4.74 Å². The van der Waals surface area contributed by atoms with E-state index in [0.717, 1.165) is 10.5 Å². The second-order valence-electron chi connectivity index (χ2n) is 9.26. The van der Waals surface area contributed by atoms with Gasteiger partial charge < -0.3 is 9.84 Å². The molecule has 5 rings (SSSR count). The Morgan fingerprint density at radius 2 is 1.44 bits per heavy atom. The monoisotopic (exact) mass is 522 g/mol. The number of ether oxygens (including phenoxy) is 1. The molecule has 2 amide bonds. The predicted molar refractivity (Wildman–Crippen MR) is 146 cm³/mol. The highest BCUT2D eigenvalue weighted by molar-refractivity contribution is 6.56. The molecular formula is C31H26N2O6. The summed E-state index contributed by atoms with van der Waals surface area (Å²) < 4.78 is 5.39. The molecule has 8 nitrogen and oxygen atoms in total. The summed E-state index contributed by atoms with van der Waals surface area (Å²) >= 11 is 0. The number of amides is 2. The summed E-state index contributed by atoms with van der Waals surface area (Å²) in [6.07, 6.45) is 0. The first-order chi connectivity index (χ1) is 18.7. The second-order valence-corrected chi connectivity index (χ2v) is 9.26. The van der Waals surface area contributed by atoms with Crippen LogP contribution in [0.4, 0.5) is 11.4 Å². The molecule has 0 bridgehead atoms. The summed E-state index contributed by atoms with van der Waals surface area (Å²) in [4.78, 5) is 58.3. The smallest absolute Gasteiger partial charge is 0.339 e. The zero-order valence-corrected chi connectivity index (χ0v) is 21.7. The third-order valence-corrected chi connectivity index (χ3v) is 6.96. The van der Waals surface area contributed by atoms with E-state index < -0.39 is 40.4 Å². The van der Waals surface area contributed by atoms with Gasteiger partial charge in [-0.3, -0.25) is 24.2 Å². The molecule has 1 unspecified atom stereocenters. The molecule has 1 N–H and O–H groups in total. The first-order valence-electron chi connectivity index (χ1n) is 12.5. The number of aryl methyl sites for hydroxylation is 1. The zero-order valence-electron chi connectivity index (χ0n) is 21.7. The van der Waals surface area contributed by atoms with Crippen molar-refractivity contribution in [3.05, 3.63) is 113 Å². The molecule has 2 heterocycles. The first kappa shape index (κ1) is 25.7. The number of hydrogen-bond acceptors (Lipinski definition) is 6. The molecule has 1 fully saturated rings. The quantitative estimate of drug-likeness (QED) is 0.229. The average molecular weight is 523 g/mol. The molecule has 3 aromatic rings. The van der Waals surface area contributed by atoms with E-state index in [1.807, 2.05) is 6.92 Å². The number of aliphatic hydroxyl groups is 1. The molecular weight excluding hydrogens is 496 g/mol. The van der Waals surface area contributed by atoms with Crippen molar-refractivity contribution in [1.82, 2.24) is 0 Å². The highest BCUT2D eigenvalue weighted by Gasteiger charge is 2.70. The Balaban J connectivity index is 1.92. The molecule has 1 atom stereocenters. The molecule has 0 saturated carbocycles. The van der Waals surface area contributed by atoms with E-state index in [2.05, 4.69) is 0 Å². The molecule has 0 radical (unpaired) electrons. The van der Waals surface area contributed by atoms with Crippen LogP contribution in [0, 0.1) is 6.92 Å². The minimum atomic E-state index is -2.31. The van der Waals surface area contributed by atoms with Gasteiger partial charge in [0.2, 0.25) is 0 Å². The summed E-state index contributed by atoms with van der Waals surface area (Å²) in [6.45, 7) is 5.02. The van der Waals surface area contributed by atoms with Crippen molar-refractivity contribution in [3.8, 4) is 0 Å². The molecule has 196 valence electrons. The third-order valence-electron chi connectivity index (χ3n) is 6.96. The van der Waals surface area contributed by atoms with Crippen molar-refractivity contribution in [2.24, 2.45) is 0 Å². The maximum atomic E-state index is 14.7. The van der Waals surface area contributed by atoms with Gasteiger partial charge in [0.25, 0.3) is 11.7 Å². The fourth-order valence-corrected chi connectivity index (χ4v) is 5.28. The summed E-state index contributed by atoms with van der Waals surface area (Å²) in [7, 11) is 0. The summed E-state index contributed by atoms with van der Waals surface area (Å²) in [5, 5.41) is 11.6. The van der Waals surface area contributed by atoms with E-state index in [9.17, 15) is 24.3 Å². The molecule has 1 saturated heterocycles. The van der Waals surface area contributed by atoms with Crippen molar-refractivity contribution in [2.75, 3.05) is 16.4 Å². The largest absolute Gasteiger partial charge is 0.507 e. The van der Waals surface area contributed by atoms with Crippen LogP contribution in [0.2, 0.25) is 0 Å². The Bertz CT molecular complexity index is 1560. The van der Waals surface area contributed by atoms with Crippen molar-refractivity contribution in [3.63, 3.8) is 0 Å². The molecule has 39 heavy (non-hydrogen) atoms. The first-order valence-corrected chi connectivity index (χ1v) is 12.5. The van der Waals surface area contributed by atoms with Crippen molar-refractivity contribution in [2.45, 2.75) is 26.3 Å². The van der Waals surface area contributed by atoms with Gasteiger partial charge in [0.05, 0.1) is 17.8 Å². The van der Waals surface area contributed by atoms with Crippen LogP contribution in [-0.4, -0.2) is 40.8 Å². The number of para-hydroxylation sites is 1. The number of aliphatic hydroxyl groups excluding tert-OH is 1. The Morgan fingerprint density at radius 1 is 0.846 bits per heavy atom. The van der Waals surface area contributed by atoms with Crippen molar-refractivity contribution < 1.29 is 29.0 Å². The van der Waals surface area contributed by atoms with Gasteiger partial charge in [0.1, 0.15) is 5.76 Å². The van der Waals surface area contributed by atoms with Crippen LogP contribution in [0.25, 0.3) is 5.76 Å². The normalized spacial score (nSPS) is 20.3. The summed E-state index contributed by atoms with van der Waals surface area (Å²) in [5.74, 6) is -4.34. The number of allylic oxidation sites excluding steroid dienone is 1. The summed E-state index contributed by atoms with van der Waals surface area (Å²) in [5.41, 5.74) is -1.10. The second kappa shape index (κ2) is 9.72. The average Bonchev–Trinajstić information content (AvgIpc) is 3.30. The molecule has 8 heteroatoms. The number of Topliss-reactive ketones (excluding diaryl/α,β-unsaturated/α-hetero) is 1. The standard InChI is InChI=1S/C31H26N2O6/c1-4-39-29(37)24-20(3)32(22-13-9-6-10-14-22)30(38)31(24)25(26(34)21-11-7-5-8-12-21)27(35)28(36)33(31)23-17-15-19(2)16-18-23/h5-18,34H,4H2,1-3H3/b26-25-. The minimum Gasteiger partial charge on any atom is -0.507 e. The Morgan fingerprint density at radius 3 is 2.03 bits per heavy atom. The van der Waals surface area contributed by atoms with Crippen LogP contribution in [0.1, 0.15) is 25.0 Å². The molecule has 2 aliphatic rings. The van der Waals surface area contributed by atoms with Crippen LogP contribution in [-0.2, 0) is 23.9 Å². The van der Waals surface area contributed by atoms with Gasteiger partial charge >= 0.3 is 11.9 Å². The Hall–Kier alpha value is -4.98. The Labute approximate surface area is 225 Å². The maximum absolute atomic E-state index is 14.7. The van der Waals surface area contributed by atoms with Gasteiger partial charge in [-0.25, -0.2) is 4.79 Å². The Kier molecular flexibility index (Phi) is 6.39. The van der Waals surface area contributed by atoms with Gasteiger partial charge in [0.15, 0.2) is 5.54 Å². The van der Waals surface area contributed by atoms with Crippen LogP contribution < -0.4 is 9.80 Å². The molecule has 0 aliphatic carbocycles. The lowest BCUT2D eigenvalue weighted by Gasteiger charge is -2.35. The number of carbonyl (C=O) groups is 4. The molecule has 0 aromatic heterocycles. The minimum absolute atomic E-state index is 0.0125. The van der Waals surface area contributed by atoms with E-state index in [-0.39, 0.29) is 29.1 Å². The van der Waals surface area contributed by atoms with Crippen LogP contribution in [0.3, 0.4) is 0 Å². The van der Waals surface area contributed by atoms with Gasteiger partial charge in [0, 0.05) is 22.6 Å². The van der Waals surface area contributed by atoms with Crippen LogP contribution in [0.15, 0.2) is 102 Å². The predicted octanol–water partition coefficient (Wildman–Crippen LogP) is 4.50. The van der Waals surface area contributed by atoms with Crippen LogP contribution >= 0.6 is 0 Å². The van der Waals surface area contributed by atoms with Gasteiger partial charge in [-0.15, -0.1) is 0 Å². The number of rotatable bonds is 5. The lowest BCUT2D eigenvalue weighted by atomic mass is 9.80. The number of ketones is 1. The topological polar surface area (TPSA) is 104 Å². The zero-order chi connectivity index (χ0) is 27.9. The number of anilines is 2. The van der Waals surface area contributed by atoms with Gasteiger partial charge in [-0.05, 0) is 45.0 Å². The fourth-order valence-electron chi connectivity index (χ4n) is 5.28. The highest BCUT2D eigenvalue weighted by Crippen LogP contribution is 2.52. The lowest BCUT2D eigenvalue weighted by Crippen LogP contribution is -2.57. The van der Waals surface area contributed by atoms with E-state index in [1.165, 1.54) is 4.90 Å². The van der Waals surface area contributed by atoms with E-state index in [0.29, 0.717) is 5.69 Å². The van der Waals surface area contributed by atoms with Crippen molar-refractivity contribution in [1.29, 1.82) is 0 Å². The number of benzene rings is 3. The SMILES string of the molecule is CCOC(=O)C1=C(C)N(c2ccccc2)C(=O)C12/C(=C(\O)c1ccccc1)C(=O)C(=O)N2c1ccc(C)cc1. The van der Waals surface area contributed by atoms with Gasteiger partial charge in [-0.1, -0.05) is 66.2 Å². The number of nitrogens with zero attached hydrogens (tertiary/aromatic N) is 2.